The highest BCUT2D eigenvalue weighted by atomic mass is 35.5. The number of methoxy groups -OCH3 is 2. The van der Waals surface area contributed by atoms with Crippen molar-refractivity contribution < 1.29 is 19.0 Å². The number of rotatable bonds is 11. The summed E-state index contributed by atoms with van der Waals surface area (Å²) in [5.41, 5.74) is 2.19. The molecular formula is C23H30ClNO4. The summed E-state index contributed by atoms with van der Waals surface area (Å²) in [5, 5.41) is 3.66. The molecule has 158 valence electrons. The van der Waals surface area contributed by atoms with Gasteiger partial charge >= 0.3 is 0 Å². The highest BCUT2D eigenvalue weighted by Gasteiger charge is 2.17. The standard InChI is InChI=1S/C23H30ClNO4/c1-16(2)29-20-11-8-18(15-22(20)28-4)13-14-25-23(26)21(27-3)12-7-17-5-9-19(24)10-6-17/h5-6,8-11,15-16,21H,7,12-14H2,1-4H3,(H,25,26)/t21-/m1/s1. The van der Waals surface area contributed by atoms with Crippen LogP contribution in [0.15, 0.2) is 42.5 Å². The molecule has 0 aliphatic carbocycles. The summed E-state index contributed by atoms with van der Waals surface area (Å²) in [6.07, 6.45) is 1.64. The van der Waals surface area contributed by atoms with Gasteiger partial charge in [-0.3, -0.25) is 4.79 Å². The van der Waals surface area contributed by atoms with E-state index in [4.69, 9.17) is 25.8 Å². The van der Waals surface area contributed by atoms with Crippen LogP contribution in [0, 0.1) is 0 Å². The van der Waals surface area contributed by atoms with E-state index in [1.807, 2.05) is 56.3 Å². The Morgan fingerprint density at radius 2 is 1.69 bits per heavy atom. The first-order valence-corrected chi connectivity index (χ1v) is 10.2. The van der Waals surface area contributed by atoms with Gasteiger partial charge in [0.2, 0.25) is 5.91 Å². The topological polar surface area (TPSA) is 56.8 Å². The van der Waals surface area contributed by atoms with E-state index in [0.717, 1.165) is 23.3 Å². The van der Waals surface area contributed by atoms with Crippen LogP contribution in [0.3, 0.4) is 0 Å². The number of amides is 1. The highest BCUT2D eigenvalue weighted by molar-refractivity contribution is 6.30. The highest BCUT2D eigenvalue weighted by Crippen LogP contribution is 2.29. The molecule has 0 aliphatic rings. The molecule has 1 amide bonds. The van der Waals surface area contributed by atoms with Crippen LogP contribution in [0.5, 0.6) is 11.5 Å². The summed E-state index contributed by atoms with van der Waals surface area (Å²) in [6, 6.07) is 13.5. The van der Waals surface area contributed by atoms with Gasteiger partial charge in [0.1, 0.15) is 6.10 Å². The van der Waals surface area contributed by atoms with E-state index in [0.29, 0.717) is 30.2 Å². The van der Waals surface area contributed by atoms with E-state index < -0.39 is 6.10 Å². The lowest BCUT2D eigenvalue weighted by molar-refractivity contribution is -0.131. The molecule has 29 heavy (non-hydrogen) atoms. The zero-order valence-corrected chi connectivity index (χ0v) is 18.3. The second kappa shape index (κ2) is 11.7. The lowest BCUT2D eigenvalue weighted by atomic mass is 10.1. The van der Waals surface area contributed by atoms with Crippen molar-refractivity contribution in [3.05, 3.63) is 58.6 Å². The first-order valence-electron chi connectivity index (χ1n) is 9.81. The van der Waals surface area contributed by atoms with E-state index in [2.05, 4.69) is 5.32 Å². The van der Waals surface area contributed by atoms with Crippen LogP contribution in [0.1, 0.15) is 31.4 Å². The van der Waals surface area contributed by atoms with Gasteiger partial charge in [0.25, 0.3) is 0 Å². The summed E-state index contributed by atoms with van der Waals surface area (Å²) >= 11 is 5.91. The molecule has 1 atom stereocenters. The van der Waals surface area contributed by atoms with E-state index in [9.17, 15) is 4.79 Å². The quantitative estimate of drug-likeness (QED) is 0.584. The Labute approximate surface area is 178 Å². The van der Waals surface area contributed by atoms with Crippen molar-refractivity contribution in [1.29, 1.82) is 0 Å². The van der Waals surface area contributed by atoms with Crippen LogP contribution >= 0.6 is 11.6 Å². The Balaban J connectivity index is 1.83. The van der Waals surface area contributed by atoms with E-state index in [-0.39, 0.29) is 12.0 Å². The molecule has 0 aromatic heterocycles. The number of nitrogens with one attached hydrogen (secondary N) is 1. The third kappa shape index (κ3) is 7.59. The van der Waals surface area contributed by atoms with E-state index in [1.54, 1.807) is 14.2 Å². The number of carbonyl (C=O) groups excluding carboxylic acids is 1. The Hall–Kier alpha value is -2.24. The maximum Gasteiger partial charge on any atom is 0.249 e. The van der Waals surface area contributed by atoms with Crippen LogP contribution in [-0.2, 0) is 22.4 Å². The largest absolute Gasteiger partial charge is 0.493 e. The number of hydrogen-bond donors (Lipinski definition) is 1. The molecule has 2 aromatic rings. The third-order valence-electron chi connectivity index (χ3n) is 4.49. The molecule has 0 radical (unpaired) electrons. The minimum absolute atomic E-state index is 0.0767. The number of hydrogen-bond acceptors (Lipinski definition) is 4. The molecular weight excluding hydrogens is 390 g/mol. The average Bonchev–Trinajstić information content (AvgIpc) is 2.70. The van der Waals surface area contributed by atoms with Crippen molar-refractivity contribution >= 4 is 17.5 Å². The summed E-state index contributed by atoms with van der Waals surface area (Å²) in [5.74, 6) is 1.31. The molecule has 0 fully saturated rings. The second-order valence-electron chi connectivity index (χ2n) is 7.08. The summed E-state index contributed by atoms with van der Waals surface area (Å²) in [7, 11) is 3.18. The maximum atomic E-state index is 12.4. The second-order valence-corrected chi connectivity index (χ2v) is 7.52. The predicted octanol–water partition coefficient (Wildman–Crippen LogP) is 4.44. The molecule has 0 aliphatic heterocycles. The van der Waals surface area contributed by atoms with Gasteiger partial charge in [0, 0.05) is 18.7 Å². The molecule has 1 N–H and O–H groups in total. The number of aryl methyl sites for hydroxylation is 1. The monoisotopic (exact) mass is 419 g/mol. The molecule has 0 saturated carbocycles. The smallest absolute Gasteiger partial charge is 0.249 e. The SMILES string of the molecule is COc1cc(CCNC(=O)[C@@H](CCc2ccc(Cl)cc2)OC)ccc1OC(C)C. The Kier molecular flexibility index (Phi) is 9.29. The van der Waals surface area contributed by atoms with Gasteiger partial charge in [-0.1, -0.05) is 29.8 Å². The Bertz CT molecular complexity index is 777. The van der Waals surface area contributed by atoms with Crippen molar-refractivity contribution in [2.45, 2.75) is 45.3 Å². The zero-order valence-electron chi connectivity index (χ0n) is 17.5. The van der Waals surface area contributed by atoms with Crippen LogP contribution in [0.2, 0.25) is 5.02 Å². The molecule has 0 spiro atoms. The predicted molar refractivity (Wildman–Crippen MR) is 116 cm³/mol. The summed E-state index contributed by atoms with van der Waals surface area (Å²) < 4.78 is 16.5. The van der Waals surface area contributed by atoms with Crippen molar-refractivity contribution in [3.8, 4) is 11.5 Å². The summed E-state index contributed by atoms with van der Waals surface area (Å²) in [6.45, 7) is 4.47. The molecule has 0 bridgehead atoms. The van der Waals surface area contributed by atoms with Gasteiger partial charge in [-0.2, -0.15) is 0 Å². The Morgan fingerprint density at radius 3 is 2.31 bits per heavy atom. The molecule has 0 heterocycles. The fourth-order valence-electron chi connectivity index (χ4n) is 2.97. The molecule has 5 nitrogen and oxygen atoms in total. The van der Waals surface area contributed by atoms with Crippen molar-refractivity contribution in [2.24, 2.45) is 0 Å². The normalized spacial score (nSPS) is 11.9. The average molecular weight is 420 g/mol. The molecule has 2 rings (SSSR count). The third-order valence-corrected chi connectivity index (χ3v) is 4.74. The van der Waals surface area contributed by atoms with Crippen molar-refractivity contribution in [1.82, 2.24) is 5.32 Å². The van der Waals surface area contributed by atoms with Gasteiger partial charge in [0.05, 0.1) is 13.2 Å². The van der Waals surface area contributed by atoms with E-state index in [1.165, 1.54) is 0 Å². The van der Waals surface area contributed by atoms with Gasteiger partial charge < -0.3 is 19.5 Å². The van der Waals surface area contributed by atoms with Crippen LogP contribution < -0.4 is 14.8 Å². The number of halogens is 1. The van der Waals surface area contributed by atoms with Crippen molar-refractivity contribution in [2.75, 3.05) is 20.8 Å². The molecule has 0 saturated heterocycles. The van der Waals surface area contributed by atoms with Gasteiger partial charge in [0.15, 0.2) is 11.5 Å². The number of carbonyl (C=O) groups is 1. The van der Waals surface area contributed by atoms with Crippen LogP contribution in [0.4, 0.5) is 0 Å². The van der Waals surface area contributed by atoms with Crippen LogP contribution in [0.25, 0.3) is 0 Å². The minimum atomic E-state index is -0.484. The lowest BCUT2D eigenvalue weighted by Gasteiger charge is -2.16. The van der Waals surface area contributed by atoms with Crippen LogP contribution in [-0.4, -0.2) is 38.9 Å². The fraction of sp³-hybridized carbons (Fsp3) is 0.435. The fourth-order valence-corrected chi connectivity index (χ4v) is 3.09. The van der Waals surface area contributed by atoms with Gasteiger partial charge in [-0.05, 0) is 68.5 Å². The number of ether oxygens (including phenoxy) is 3. The first-order chi connectivity index (χ1) is 13.9. The first kappa shape index (κ1) is 23.0. The van der Waals surface area contributed by atoms with Gasteiger partial charge in [-0.15, -0.1) is 0 Å². The maximum absolute atomic E-state index is 12.4. The van der Waals surface area contributed by atoms with Gasteiger partial charge in [-0.25, -0.2) is 0 Å². The minimum Gasteiger partial charge on any atom is -0.493 e. The molecule has 0 unspecified atom stereocenters. The van der Waals surface area contributed by atoms with Crippen molar-refractivity contribution in [3.63, 3.8) is 0 Å². The van der Waals surface area contributed by atoms with E-state index >= 15 is 0 Å². The molecule has 6 heteroatoms. The summed E-state index contributed by atoms with van der Waals surface area (Å²) in [4.78, 5) is 12.4. The Morgan fingerprint density at radius 1 is 1.00 bits per heavy atom. The number of benzene rings is 2. The lowest BCUT2D eigenvalue weighted by Crippen LogP contribution is -2.37. The molecule has 2 aromatic carbocycles. The zero-order chi connectivity index (χ0) is 21.2.